The third-order valence-corrected chi connectivity index (χ3v) is 6.75. The maximum atomic E-state index is 12.9. The van der Waals surface area contributed by atoms with Crippen molar-refractivity contribution in [2.75, 3.05) is 19.8 Å². The molecule has 1 N–H and O–H groups in total. The Morgan fingerprint density at radius 2 is 1.95 bits per heavy atom. The largest absolute Gasteiger partial charge is 0.381 e. The van der Waals surface area contributed by atoms with Crippen LogP contribution in [-0.4, -0.2) is 40.5 Å². The van der Waals surface area contributed by atoms with Crippen LogP contribution >= 0.6 is 0 Å². The SMILES string of the molecule is CCCNC1CCC(C)CC1S(=O)C1CCOCC1. The second kappa shape index (κ2) is 7.75. The molecule has 4 atom stereocenters. The van der Waals surface area contributed by atoms with Crippen LogP contribution in [0.4, 0.5) is 0 Å². The maximum absolute atomic E-state index is 12.9. The zero-order valence-electron chi connectivity index (χ0n) is 12.4. The standard InChI is InChI=1S/C15H29NO2S/c1-3-8-16-14-5-4-12(2)11-15(14)19(17)13-6-9-18-10-7-13/h12-16H,3-11H2,1-2H3. The predicted molar refractivity (Wildman–Crippen MR) is 80.9 cm³/mol. The van der Waals surface area contributed by atoms with Crippen LogP contribution in [-0.2, 0) is 15.5 Å². The molecule has 1 saturated heterocycles. The maximum Gasteiger partial charge on any atom is 0.0506 e. The van der Waals surface area contributed by atoms with Crippen LogP contribution in [0.25, 0.3) is 0 Å². The molecule has 2 aliphatic rings. The van der Waals surface area contributed by atoms with Crippen molar-refractivity contribution in [2.45, 2.75) is 68.9 Å². The van der Waals surface area contributed by atoms with Gasteiger partial charge in [0.2, 0.25) is 0 Å². The van der Waals surface area contributed by atoms with E-state index < -0.39 is 10.8 Å². The van der Waals surface area contributed by atoms with Crippen molar-refractivity contribution in [3.8, 4) is 0 Å². The van der Waals surface area contributed by atoms with Gasteiger partial charge in [-0.15, -0.1) is 0 Å². The highest BCUT2D eigenvalue weighted by Crippen LogP contribution is 2.30. The van der Waals surface area contributed by atoms with Crippen molar-refractivity contribution < 1.29 is 8.95 Å². The van der Waals surface area contributed by atoms with Crippen molar-refractivity contribution in [1.82, 2.24) is 5.32 Å². The summed E-state index contributed by atoms with van der Waals surface area (Å²) in [4.78, 5) is 0. The van der Waals surface area contributed by atoms with Gasteiger partial charge in [-0.2, -0.15) is 0 Å². The summed E-state index contributed by atoms with van der Waals surface area (Å²) in [5.41, 5.74) is 0. The van der Waals surface area contributed by atoms with Gasteiger partial charge in [-0.1, -0.05) is 13.8 Å². The van der Waals surface area contributed by atoms with Gasteiger partial charge in [-0.3, -0.25) is 4.21 Å². The fourth-order valence-electron chi connectivity index (χ4n) is 3.30. The lowest BCUT2D eigenvalue weighted by atomic mass is 9.87. The van der Waals surface area contributed by atoms with Gasteiger partial charge < -0.3 is 10.1 Å². The van der Waals surface area contributed by atoms with Crippen molar-refractivity contribution in [2.24, 2.45) is 5.92 Å². The fraction of sp³-hybridized carbons (Fsp3) is 1.00. The van der Waals surface area contributed by atoms with Crippen LogP contribution in [0.15, 0.2) is 0 Å². The zero-order valence-corrected chi connectivity index (χ0v) is 13.2. The normalized spacial score (nSPS) is 35.2. The molecule has 3 nitrogen and oxygen atoms in total. The van der Waals surface area contributed by atoms with E-state index in [2.05, 4.69) is 19.2 Å². The van der Waals surface area contributed by atoms with Crippen molar-refractivity contribution in [3.63, 3.8) is 0 Å². The van der Waals surface area contributed by atoms with E-state index in [1.807, 2.05) is 0 Å². The Balaban J connectivity index is 1.96. The molecule has 1 aliphatic carbocycles. The summed E-state index contributed by atoms with van der Waals surface area (Å²) in [7, 11) is -0.690. The molecule has 4 unspecified atom stereocenters. The minimum absolute atomic E-state index is 0.360. The van der Waals surface area contributed by atoms with Gasteiger partial charge in [0.25, 0.3) is 0 Å². The molecule has 4 heteroatoms. The summed E-state index contributed by atoms with van der Waals surface area (Å²) in [5, 5.41) is 4.37. The minimum atomic E-state index is -0.690. The first-order valence-electron chi connectivity index (χ1n) is 7.92. The summed E-state index contributed by atoms with van der Waals surface area (Å²) in [6.07, 6.45) is 6.73. The predicted octanol–water partition coefficient (Wildman–Crippen LogP) is 2.47. The summed E-state index contributed by atoms with van der Waals surface area (Å²) in [6, 6.07) is 0.472. The van der Waals surface area contributed by atoms with E-state index in [0.29, 0.717) is 16.5 Å². The highest BCUT2D eigenvalue weighted by atomic mass is 32.2. The molecule has 0 amide bonds. The second-order valence-electron chi connectivity index (χ2n) is 6.16. The Kier molecular flexibility index (Phi) is 6.30. The quantitative estimate of drug-likeness (QED) is 0.844. The molecule has 0 aromatic heterocycles. The molecule has 19 heavy (non-hydrogen) atoms. The van der Waals surface area contributed by atoms with E-state index in [9.17, 15) is 4.21 Å². The van der Waals surface area contributed by atoms with Crippen LogP contribution in [0.2, 0.25) is 0 Å². The van der Waals surface area contributed by atoms with E-state index in [-0.39, 0.29) is 0 Å². The second-order valence-corrected chi connectivity index (χ2v) is 8.09. The molecule has 2 rings (SSSR count). The van der Waals surface area contributed by atoms with Crippen molar-refractivity contribution in [1.29, 1.82) is 0 Å². The van der Waals surface area contributed by atoms with Crippen molar-refractivity contribution in [3.05, 3.63) is 0 Å². The third-order valence-electron chi connectivity index (χ3n) is 4.51. The van der Waals surface area contributed by atoms with Crippen LogP contribution < -0.4 is 5.32 Å². The lowest BCUT2D eigenvalue weighted by molar-refractivity contribution is 0.0988. The molecule has 0 radical (unpaired) electrons. The van der Waals surface area contributed by atoms with Crippen LogP contribution in [0.3, 0.4) is 0 Å². The van der Waals surface area contributed by atoms with E-state index in [4.69, 9.17) is 4.74 Å². The number of ether oxygens (including phenoxy) is 1. The van der Waals surface area contributed by atoms with Gasteiger partial charge in [0.05, 0.1) is 5.25 Å². The highest BCUT2D eigenvalue weighted by Gasteiger charge is 2.36. The molecule has 112 valence electrons. The average Bonchev–Trinajstić information content (AvgIpc) is 2.46. The molecule has 1 heterocycles. The molecule has 0 aromatic rings. The summed E-state index contributed by atoms with van der Waals surface area (Å²) in [5.74, 6) is 0.730. The zero-order chi connectivity index (χ0) is 13.7. The molecule has 1 saturated carbocycles. The topological polar surface area (TPSA) is 38.3 Å². The third kappa shape index (κ3) is 4.27. The number of hydrogen-bond acceptors (Lipinski definition) is 3. The molecular formula is C15H29NO2S. The monoisotopic (exact) mass is 287 g/mol. The number of hydrogen-bond donors (Lipinski definition) is 1. The Hall–Kier alpha value is 0.0700. The Labute approximate surface area is 120 Å². The molecule has 2 fully saturated rings. The Morgan fingerprint density at radius 3 is 2.63 bits per heavy atom. The smallest absolute Gasteiger partial charge is 0.0506 e. The molecule has 1 aliphatic heterocycles. The van der Waals surface area contributed by atoms with Gasteiger partial charge in [0.1, 0.15) is 0 Å². The highest BCUT2D eigenvalue weighted by molar-refractivity contribution is 7.86. The van der Waals surface area contributed by atoms with E-state index in [1.54, 1.807) is 0 Å². The van der Waals surface area contributed by atoms with Gasteiger partial charge >= 0.3 is 0 Å². The number of nitrogens with one attached hydrogen (secondary N) is 1. The summed E-state index contributed by atoms with van der Waals surface area (Å²) < 4.78 is 18.3. The van der Waals surface area contributed by atoms with Crippen LogP contribution in [0.5, 0.6) is 0 Å². The molecular weight excluding hydrogens is 258 g/mol. The lowest BCUT2D eigenvalue weighted by Crippen LogP contribution is -2.48. The summed E-state index contributed by atoms with van der Waals surface area (Å²) >= 11 is 0. The van der Waals surface area contributed by atoms with E-state index in [1.165, 1.54) is 12.8 Å². The summed E-state index contributed by atoms with van der Waals surface area (Å²) in [6.45, 7) is 7.16. The Morgan fingerprint density at radius 1 is 1.21 bits per heavy atom. The lowest BCUT2D eigenvalue weighted by Gasteiger charge is -2.37. The van der Waals surface area contributed by atoms with Crippen LogP contribution in [0.1, 0.15) is 52.4 Å². The van der Waals surface area contributed by atoms with Gasteiger partial charge in [0.15, 0.2) is 0 Å². The molecule has 0 spiro atoms. The van der Waals surface area contributed by atoms with Gasteiger partial charge in [-0.25, -0.2) is 0 Å². The first-order chi connectivity index (χ1) is 9.22. The molecule has 0 bridgehead atoms. The average molecular weight is 287 g/mol. The number of rotatable bonds is 5. The van der Waals surface area contributed by atoms with E-state index >= 15 is 0 Å². The van der Waals surface area contributed by atoms with E-state index in [0.717, 1.165) is 51.4 Å². The van der Waals surface area contributed by atoms with Crippen LogP contribution in [0, 0.1) is 5.92 Å². The Bertz CT molecular complexity index is 290. The first kappa shape index (κ1) is 15.5. The molecule has 0 aromatic carbocycles. The minimum Gasteiger partial charge on any atom is -0.381 e. The van der Waals surface area contributed by atoms with Crippen molar-refractivity contribution >= 4 is 10.8 Å². The first-order valence-corrected chi connectivity index (χ1v) is 9.20. The fourth-order valence-corrected chi connectivity index (χ4v) is 5.53. The van der Waals surface area contributed by atoms with Gasteiger partial charge in [0, 0.05) is 35.3 Å². The van der Waals surface area contributed by atoms with Gasteiger partial charge in [-0.05, 0) is 51.0 Å².